The molecule has 0 fully saturated rings. The van der Waals surface area contributed by atoms with Crippen LogP contribution in [0.2, 0.25) is 0 Å². The number of methoxy groups -OCH3 is 1. The van der Waals surface area contributed by atoms with Crippen LogP contribution in [-0.2, 0) is 10.9 Å². The maximum absolute atomic E-state index is 13.3. The van der Waals surface area contributed by atoms with E-state index in [2.05, 4.69) is 5.32 Å². The second-order valence-corrected chi connectivity index (χ2v) is 4.88. The van der Waals surface area contributed by atoms with Gasteiger partial charge < -0.3 is 10.1 Å². The highest BCUT2D eigenvalue weighted by Crippen LogP contribution is 2.33. The lowest BCUT2D eigenvalue weighted by Gasteiger charge is -2.20. The number of benzene rings is 1. The molecule has 0 aliphatic heterocycles. The first kappa shape index (κ1) is 17.9. The van der Waals surface area contributed by atoms with Crippen LogP contribution in [-0.4, -0.2) is 20.3 Å². The Labute approximate surface area is 122 Å². The average molecular weight is 307 g/mol. The van der Waals surface area contributed by atoms with Crippen molar-refractivity contribution < 1.29 is 22.3 Å². The molecule has 0 aromatic heterocycles. The summed E-state index contributed by atoms with van der Waals surface area (Å²) in [6, 6.07) is 2.96. The molecule has 0 radical (unpaired) electrons. The van der Waals surface area contributed by atoms with Crippen molar-refractivity contribution in [2.45, 2.75) is 38.4 Å². The van der Waals surface area contributed by atoms with Crippen molar-refractivity contribution in [3.8, 4) is 0 Å². The Morgan fingerprint density at radius 3 is 2.57 bits per heavy atom. The Bertz CT molecular complexity index is 434. The number of hydrogen-bond donors (Lipinski definition) is 1. The first-order valence-corrected chi connectivity index (χ1v) is 6.99. The molecule has 1 atom stereocenters. The van der Waals surface area contributed by atoms with Gasteiger partial charge in [0.05, 0.1) is 5.56 Å². The molecule has 6 heteroatoms. The van der Waals surface area contributed by atoms with Crippen LogP contribution in [0.15, 0.2) is 18.2 Å². The van der Waals surface area contributed by atoms with Crippen LogP contribution in [0.4, 0.5) is 17.6 Å². The summed E-state index contributed by atoms with van der Waals surface area (Å²) in [5.41, 5.74) is -0.761. The Kier molecular flexibility index (Phi) is 7.11. The van der Waals surface area contributed by atoms with Crippen molar-refractivity contribution in [3.05, 3.63) is 35.1 Å². The van der Waals surface area contributed by atoms with Gasteiger partial charge >= 0.3 is 6.18 Å². The van der Waals surface area contributed by atoms with E-state index in [0.717, 1.165) is 25.0 Å². The van der Waals surface area contributed by atoms with Crippen LogP contribution in [0.25, 0.3) is 0 Å². The van der Waals surface area contributed by atoms with Gasteiger partial charge in [-0.15, -0.1) is 0 Å². The molecule has 1 aromatic rings. The fourth-order valence-electron chi connectivity index (χ4n) is 2.11. The highest BCUT2D eigenvalue weighted by atomic mass is 19.4. The number of nitrogens with one attached hydrogen (secondary N) is 1. The Balaban J connectivity index is 2.95. The van der Waals surface area contributed by atoms with Gasteiger partial charge in [0.2, 0.25) is 0 Å². The first-order valence-electron chi connectivity index (χ1n) is 6.99. The number of hydrogen-bond acceptors (Lipinski definition) is 2. The van der Waals surface area contributed by atoms with E-state index >= 15 is 0 Å². The molecule has 0 saturated carbocycles. The second kappa shape index (κ2) is 8.34. The monoisotopic (exact) mass is 307 g/mol. The predicted molar refractivity (Wildman–Crippen MR) is 73.5 cm³/mol. The lowest BCUT2D eigenvalue weighted by atomic mass is 9.99. The molecule has 21 heavy (non-hydrogen) atoms. The van der Waals surface area contributed by atoms with Crippen molar-refractivity contribution in [1.29, 1.82) is 0 Å². The number of ether oxygens (including phenoxy) is 1. The minimum Gasteiger partial charge on any atom is -0.385 e. The Morgan fingerprint density at radius 1 is 1.29 bits per heavy atom. The zero-order valence-electron chi connectivity index (χ0n) is 12.3. The quantitative estimate of drug-likeness (QED) is 0.571. The van der Waals surface area contributed by atoms with Crippen molar-refractivity contribution in [3.63, 3.8) is 0 Å². The molecule has 120 valence electrons. The standard InChI is InChI=1S/C15H21F4NO/c1-3-8-20-14(5-4-9-21-2)11-6-7-13(16)12(10-11)15(17,18)19/h6-7,10,14,20H,3-5,8-9H2,1-2H3. The molecule has 0 aliphatic carbocycles. The van der Waals surface area contributed by atoms with Crippen LogP contribution >= 0.6 is 0 Å². The summed E-state index contributed by atoms with van der Waals surface area (Å²) in [7, 11) is 1.58. The third-order valence-corrected chi connectivity index (χ3v) is 3.18. The second-order valence-electron chi connectivity index (χ2n) is 4.88. The van der Waals surface area contributed by atoms with E-state index in [1.165, 1.54) is 6.07 Å². The molecular formula is C15H21F4NO. The van der Waals surface area contributed by atoms with Crippen LogP contribution in [0.3, 0.4) is 0 Å². The summed E-state index contributed by atoms with van der Waals surface area (Å²) in [6.07, 6.45) is -2.45. The van der Waals surface area contributed by atoms with E-state index in [-0.39, 0.29) is 6.04 Å². The van der Waals surface area contributed by atoms with Crippen LogP contribution < -0.4 is 5.32 Å². The maximum atomic E-state index is 13.3. The minimum atomic E-state index is -4.68. The van der Waals surface area contributed by atoms with Gasteiger partial charge in [0, 0.05) is 19.8 Å². The summed E-state index contributed by atoms with van der Waals surface area (Å²) in [6.45, 7) is 3.21. The lowest BCUT2D eigenvalue weighted by Crippen LogP contribution is -2.23. The van der Waals surface area contributed by atoms with E-state index < -0.39 is 17.6 Å². The SMILES string of the molecule is CCCNC(CCCOC)c1ccc(F)c(C(F)(F)F)c1. The van der Waals surface area contributed by atoms with Crippen LogP contribution in [0.5, 0.6) is 0 Å². The van der Waals surface area contributed by atoms with E-state index in [9.17, 15) is 17.6 Å². The van der Waals surface area contributed by atoms with Gasteiger partial charge in [0.15, 0.2) is 0 Å². The molecule has 1 rings (SSSR count). The van der Waals surface area contributed by atoms with Gasteiger partial charge in [-0.3, -0.25) is 0 Å². The summed E-state index contributed by atoms with van der Waals surface area (Å²) in [4.78, 5) is 0. The summed E-state index contributed by atoms with van der Waals surface area (Å²) in [5, 5.41) is 3.20. The first-order chi connectivity index (χ1) is 9.90. The van der Waals surface area contributed by atoms with E-state index in [4.69, 9.17) is 4.74 Å². The molecule has 0 amide bonds. The zero-order chi connectivity index (χ0) is 15.9. The van der Waals surface area contributed by atoms with Gasteiger partial charge in [-0.2, -0.15) is 13.2 Å². The van der Waals surface area contributed by atoms with Gasteiger partial charge in [0.1, 0.15) is 5.82 Å². The predicted octanol–water partition coefficient (Wildman–Crippen LogP) is 4.31. The molecule has 1 aromatic carbocycles. The smallest absolute Gasteiger partial charge is 0.385 e. The maximum Gasteiger partial charge on any atom is 0.419 e. The number of alkyl halides is 3. The summed E-state index contributed by atoms with van der Waals surface area (Å²) < 4.78 is 56.6. The number of halogens is 4. The van der Waals surface area contributed by atoms with Gasteiger partial charge in [0.25, 0.3) is 0 Å². The van der Waals surface area contributed by atoms with E-state index in [1.54, 1.807) is 7.11 Å². The third-order valence-electron chi connectivity index (χ3n) is 3.18. The highest BCUT2D eigenvalue weighted by molar-refractivity contribution is 5.29. The third kappa shape index (κ3) is 5.63. The molecule has 0 saturated heterocycles. The zero-order valence-corrected chi connectivity index (χ0v) is 12.3. The number of rotatable bonds is 8. The lowest BCUT2D eigenvalue weighted by molar-refractivity contribution is -0.140. The Hall–Kier alpha value is -1.14. The molecule has 0 aliphatic rings. The fraction of sp³-hybridized carbons (Fsp3) is 0.600. The molecular weight excluding hydrogens is 286 g/mol. The van der Waals surface area contributed by atoms with Crippen molar-refractivity contribution in [2.75, 3.05) is 20.3 Å². The minimum absolute atomic E-state index is 0.234. The summed E-state index contributed by atoms with van der Waals surface area (Å²) >= 11 is 0. The molecule has 0 spiro atoms. The fourth-order valence-corrected chi connectivity index (χ4v) is 2.11. The molecule has 2 nitrogen and oxygen atoms in total. The Morgan fingerprint density at radius 2 is 2.00 bits per heavy atom. The average Bonchev–Trinajstić information content (AvgIpc) is 2.42. The summed E-state index contributed by atoms with van der Waals surface area (Å²) in [5.74, 6) is -1.24. The topological polar surface area (TPSA) is 21.3 Å². The van der Waals surface area contributed by atoms with Crippen LogP contribution in [0, 0.1) is 5.82 Å². The van der Waals surface area contributed by atoms with Crippen molar-refractivity contribution in [2.24, 2.45) is 0 Å². The van der Waals surface area contributed by atoms with Gasteiger partial charge in [-0.05, 0) is 43.5 Å². The molecule has 1 N–H and O–H groups in total. The molecule has 0 bridgehead atoms. The van der Waals surface area contributed by atoms with Gasteiger partial charge in [-0.1, -0.05) is 13.0 Å². The van der Waals surface area contributed by atoms with Crippen molar-refractivity contribution >= 4 is 0 Å². The van der Waals surface area contributed by atoms with Gasteiger partial charge in [-0.25, -0.2) is 4.39 Å². The van der Waals surface area contributed by atoms with Crippen LogP contribution in [0.1, 0.15) is 43.4 Å². The normalized spacial score (nSPS) is 13.4. The molecule has 0 heterocycles. The van der Waals surface area contributed by atoms with E-state index in [0.29, 0.717) is 25.1 Å². The van der Waals surface area contributed by atoms with Crippen molar-refractivity contribution in [1.82, 2.24) is 5.32 Å². The van der Waals surface area contributed by atoms with E-state index in [1.807, 2.05) is 6.92 Å². The highest BCUT2D eigenvalue weighted by Gasteiger charge is 2.34. The molecule has 1 unspecified atom stereocenters. The largest absolute Gasteiger partial charge is 0.419 e.